The average molecular weight is 353 g/mol. The second kappa shape index (κ2) is 8.48. The highest BCUT2D eigenvalue weighted by atomic mass is 32.1. The van der Waals surface area contributed by atoms with Crippen LogP contribution in [0.15, 0.2) is 15.0 Å². The van der Waals surface area contributed by atoms with Gasteiger partial charge in [0.2, 0.25) is 17.5 Å². The van der Waals surface area contributed by atoms with Crippen LogP contribution in [0.1, 0.15) is 34.1 Å². The van der Waals surface area contributed by atoms with Gasteiger partial charge in [-0.15, -0.1) is 10.2 Å². The topological polar surface area (TPSA) is 123 Å². The lowest BCUT2D eigenvalue weighted by atomic mass is 10.4. The molecule has 0 fully saturated rings. The highest BCUT2D eigenvalue weighted by molar-refractivity contribution is 7.71. The van der Waals surface area contributed by atoms with Gasteiger partial charge >= 0.3 is 0 Å². The highest BCUT2D eigenvalue weighted by Crippen LogP contribution is 2.22. The molecule has 1 heterocycles. The van der Waals surface area contributed by atoms with Crippen molar-refractivity contribution in [3.8, 4) is 5.88 Å². The largest absolute Gasteiger partial charge is 0.493 e. The summed E-state index contributed by atoms with van der Waals surface area (Å²) in [7, 11) is 0. The number of azo groups is 1. The Kier molecular flexibility index (Phi) is 6.96. The van der Waals surface area contributed by atoms with Gasteiger partial charge in [-0.3, -0.25) is 29.6 Å². The summed E-state index contributed by atoms with van der Waals surface area (Å²) in [5.74, 6) is -0.486. The van der Waals surface area contributed by atoms with Crippen molar-refractivity contribution in [1.29, 1.82) is 10.8 Å². The zero-order valence-electron chi connectivity index (χ0n) is 14.3. The first kappa shape index (κ1) is 19.7. The van der Waals surface area contributed by atoms with E-state index in [2.05, 4.69) is 10.2 Å². The summed E-state index contributed by atoms with van der Waals surface area (Å²) in [4.78, 5) is 13.8. The SMILES string of the molecule is CCCN(C(C)=N)C(=N)N=Nc1c(O)n(CC)c(=S)n(CC)c1=O. The molecule has 1 rings (SSSR count). The number of aromatic hydroxyl groups is 1. The van der Waals surface area contributed by atoms with E-state index < -0.39 is 5.56 Å². The summed E-state index contributed by atoms with van der Waals surface area (Å²) in [6.45, 7) is 8.14. The molecule has 0 saturated carbocycles. The van der Waals surface area contributed by atoms with Crippen LogP contribution in [-0.4, -0.2) is 37.5 Å². The highest BCUT2D eigenvalue weighted by Gasteiger charge is 2.16. The van der Waals surface area contributed by atoms with Gasteiger partial charge in [0.15, 0.2) is 4.77 Å². The molecule has 0 radical (unpaired) electrons. The summed E-state index contributed by atoms with van der Waals surface area (Å²) in [5.41, 5.74) is -0.828. The van der Waals surface area contributed by atoms with Crippen LogP contribution in [0.5, 0.6) is 5.88 Å². The van der Waals surface area contributed by atoms with Crippen molar-refractivity contribution in [2.24, 2.45) is 10.2 Å². The number of aromatic nitrogens is 2. The van der Waals surface area contributed by atoms with Crippen molar-refractivity contribution in [2.45, 2.75) is 47.2 Å². The maximum absolute atomic E-state index is 12.4. The summed E-state index contributed by atoms with van der Waals surface area (Å²) in [6, 6.07) is 0. The molecule has 0 unspecified atom stereocenters. The maximum atomic E-state index is 12.4. The first-order chi connectivity index (χ1) is 11.3. The molecule has 0 saturated heterocycles. The molecule has 9 nitrogen and oxygen atoms in total. The molecule has 3 N–H and O–H groups in total. The number of nitrogens with zero attached hydrogens (tertiary/aromatic N) is 5. The lowest BCUT2D eigenvalue weighted by Gasteiger charge is -2.19. The minimum Gasteiger partial charge on any atom is -0.493 e. The molecule has 0 aromatic carbocycles. The predicted octanol–water partition coefficient (Wildman–Crippen LogP) is 2.85. The number of rotatable bonds is 5. The quantitative estimate of drug-likeness (QED) is 0.326. The van der Waals surface area contributed by atoms with Crippen LogP contribution in [0, 0.1) is 15.6 Å². The van der Waals surface area contributed by atoms with Crippen LogP contribution in [0.3, 0.4) is 0 Å². The second-order valence-corrected chi connectivity index (χ2v) is 5.37. The standard InChI is InChI=1S/C14H23N7O2S/c1-5-8-21(9(4)15)13(16)18-17-10-11(22)19(6-2)14(24)20(7-3)12(10)23/h15-16,22H,5-8H2,1-4H3. The van der Waals surface area contributed by atoms with Crippen LogP contribution in [-0.2, 0) is 13.1 Å². The molecule has 0 spiro atoms. The van der Waals surface area contributed by atoms with Gasteiger partial charge in [-0.2, -0.15) is 0 Å². The van der Waals surface area contributed by atoms with E-state index in [9.17, 15) is 9.90 Å². The van der Waals surface area contributed by atoms with E-state index in [0.29, 0.717) is 19.6 Å². The molecule has 0 atom stereocenters. The van der Waals surface area contributed by atoms with Gasteiger partial charge in [0, 0.05) is 19.6 Å². The summed E-state index contributed by atoms with van der Waals surface area (Å²) in [5, 5.41) is 33.3. The molecule has 0 amide bonds. The Balaban J connectivity index is 3.38. The Morgan fingerprint density at radius 3 is 2.29 bits per heavy atom. The second-order valence-electron chi connectivity index (χ2n) is 5.01. The van der Waals surface area contributed by atoms with Crippen molar-refractivity contribution in [1.82, 2.24) is 14.0 Å². The van der Waals surface area contributed by atoms with Crippen molar-refractivity contribution >= 4 is 29.7 Å². The van der Waals surface area contributed by atoms with Gasteiger partial charge in [-0.25, -0.2) is 0 Å². The van der Waals surface area contributed by atoms with E-state index in [0.717, 1.165) is 6.42 Å². The maximum Gasteiger partial charge on any atom is 0.286 e. The Hall–Kier alpha value is -2.36. The van der Waals surface area contributed by atoms with Crippen molar-refractivity contribution in [3.05, 3.63) is 15.1 Å². The number of hydrogen-bond donors (Lipinski definition) is 3. The molecule has 132 valence electrons. The number of nitrogens with one attached hydrogen (secondary N) is 2. The summed E-state index contributed by atoms with van der Waals surface area (Å²) < 4.78 is 2.89. The van der Waals surface area contributed by atoms with Gasteiger partial charge in [0.25, 0.3) is 5.56 Å². The molecule has 0 aliphatic heterocycles. The fourth-order valence-corrected chi connectivity index (χ4v) is 2.56. The first-order valence-electron chi connectivity index (χ1n) is 7.69. The van der Waals surface area contributed by atoms with Gasteiger partial charge < -0.3 is 5.11 Å². The fraction of sp³-hybridized carbons (Fsp3) is 0.571. The number of amidine groups is 1. The third kappa shape index (κ3) is 3.94. The first-order valence-corrected chi connectivity index (χ1v) is 8.10. The third-order valence-electron chi connectivity index (χ3n) is 3.36. The molecule has 10 heteroatoms. The third-order valence-corrected chi connectivity index (χ3v) is 3.80. The van der Waals surface area contributed by atoms with Crippen LogP contribution >= 0.6 is 12.2 Å². The minimum absolute atomic E-state index is 0.153. The van der Waals surface area contributed by atoms with Gasteiger partial charge in [-0.05, 0) is 39.4 Å². The predicted molar refractivity (Wildman–Crippen MR) is 95.2 cm³/mol. The Bertz CT molecular complexity index is 779. The Morgan fingerprint density at radius 2 is 1.83 bits per heavy atom. The van der Waals surface area contributed by atoms with Crippen LogP contribution in [0.4, 0.5) is 5.69 Å². The van der Waals surface area contributed by atoms with Crippen molar-refractivity contribution < 1.29 is 5.11 Å². The molecular weight excluding hydrogens is 330 g/mol. The van der Waals surface area contributed by atoms with Crippen LogP contribution < -0.4 is 5.56 Å². The van der Waals surface area contributed by atoms with E-state index in [1.165, 1.54) is 21.0 Å². The molecular formula is C14H23N7O2S. The zero-order chi connectivity index (χ0) is 18.4. The van der Waals surface area contributed by atoms with E-state index in [1.807, 2.05) is 6.92 Å². The normalized spacial score (nSPS) is 11.0. The van der Waals surface area contributed by atoms with E-state index in [1.54, 1.807) is 13.8 Å². The molecule has 0 bridgehead atoms. The molecule has 24 heavy (non-hydrogen) atoms. The Morgan fingerprint density at radius 1 is 1.25 bits per heavy atom. The van der Waals surface area contributed by atoms with Gasteiger partial charge in [-0.1, -0.05) is 6.92 Å². The number of hydrogen-bond acceptors (Lipinski definition) is 6. The fourth-order valence-electron chi connectivity index (χ4n) is 2.13. The lowest BCUT2D eigenvalue weighted by molar-refractivity contribution is 0.402. The number of guanidine groups is 1. The smallest absolute Gasteiger partial charge is 0.286 e. The van der Waals surface area contributed by atoms with E-state index >= 15 is 0 Å². The lowest BCUT2D eigenvalue weighted by Crippen LogP contribution is -2.33. The Labute approximate surface area is 145 Å². The van der Waals surface area contributed by atoms with Crippen molar-refractivity contribution in [2.75, 3.05) is 6.54 Å². The summed E-state index contributed by atoms with van der Waals surface area (Å²) in [6.07, 6.45) is 0.725. The molecule has 1 aromatic rings. The minimum atomic E-state index is -0.560. The zero-order valence-corrected chi connectivity index (χ0v) is 15.1. The molecule has 1 aromatic heterocycles. The monoisotopic (exact) mass is 353 g/mol. The van der Waals surface area contributed by atoms with E-state index in [4.69, 9.17) is 23.0 Å². The molecule has 0 aliphatic rings. The van der Waals surface area contributed by atoms with Crippen molar-refractivity contribution in [3.63, 3.8) is 0 Å². The average Bonchev–Trinajstić information content (AvgIpc) is 2.52. The van der Waals surface area contributed by atoms with Crippen LogP contribution in [0.25, 0.3) is 0 Å². The van der Waals surface area contributed by atoms with E-state index in [-0.39, 0.29) is 28.1 Å². The summed E-state index contributed by atoms with van der Waals surface area (Å²) >= 11 is 5.19. The van der Waals surface area contributed by atoms with Gasteiger partial charge in [0.1, 0.15) is 0 Å². The molecule has 0 aliphatic carbocycles. The van der Waals surface area contributed by atoms with Gasteiger partial charge in [0.05, 0.1) is 5.84 Å². The van der Waals surface area contributed by atoms with Crippen LogP contribution in [0.2, 0.25) is 0 Å².